The van der Waals surface area contributed by atoms with Gasteiger partial charge in [-0.2, -0.15) is 0 Å². The number of fused-ring (bicyclic) bond motifs is 1. The van der Waals surface area contributed by atoms with Gasteiger partial charge in [0.1, 0.15) is 42.3 Å². The highest BCUT2D eigenvalue weighted by Gasteiger charge is 2.42. The van der Waals surface area contributed by atoms with Gasteiger partial charge in [0, 0.05) is 13.6 Å². The molecule has 300 valence electrons. The molecule has 10 atom stereocenters. The van der Waals surface area contributed by atoms with E-state index < -0.39 is 102 Å². The van der Waals surface area contributed by atoms with Crippen molar-refractivity contribution in [1.29, 1.82) is 0 Å². The number of amides is 7. The van der Waals surface area contributed by atoms with Crippen molar-refractivity contribution in [2.45, 2.75) is 149 Å². The Morgan fingerprint density at radius 1 is 0.755 bits per heavy atom. The van der Waals surface area contributed by atoms with E-state index in [1.54, 1.807) is 33.8 Å². The minimum Gasteiger partial charge on any atom is -0.390 e. The molecule has 2 unspecified atom stereocenters. The number of allylic oxidation sites excluding steroid dienone is 1. The number of carbonyl (C=O) groups is 7. The van der Waals surface area contributed by atoms with Gasteiger partial charge in [-0.05, 0) is 69.6 Å². The lowest BCUT2D eigenvalue weighted by Crippen LogP contribution is -2.63. The molecule has 2 aliphatic heterocycles. The topological polar surface area (TPSA) is 206 Å². The number of carbonyl (C=O) groups excluding carboxylic acids is 7. The first kappa shape index (κ1) is 45.1. The second kappa shape index (κ2) is 20.4. The van der Waals surface area contributed by atoms with Crippen molar-refractivity contribution in [1.82, 2.24) is 36.4 Å². The molecular weight excluding hydrogens is 682 g/mol. The molecule has 7 amide bonds. The van der Waals surface area contributed by atoms with E-state index in [4.69, 9.17) is 0 Å². The van der Waals surface area contributed by atoms with Gasteiger partial charge in [0.25, 0.3) is 0 Å². The Morgan fingerprint density at radius 2 is 1.34 bits per heavy atom. The summed E-state index contributed by atoms with van der Waals surface area (Å²) in [6.45, 7) is 19.6. The summed E-state index contributed by atoms with van der Waals surface area (Å²) in [5.74, 6) is -5.56. The quantitative estimate of drug-likeness (QED) is 0.187. The van der Waals surface area contributed by atoms with Crippen molar-refractivity contribution < 1.29 is 38.7 Å². The van der Waals surface area contributed by atoms with Crippen molar-refractivity contribution in [2.75, 3.05) is 13.6 Å². The van der Waals surface area contributed by atoms with Crippen molar-refractivity contribution in [3.05, 3.63) is 12.7 Å². The molecule has 6 N–H and O–H groups in total. The lowest BCUT2D eigenvalue weighted by Gasteiger charge is -2.39. The Morgan fingerprint density at radius 3 is 1.91 bits per heavy atom. The van der Waals surface area contributed by atoms with E-state index >= 15 is 0 Å². The second-order valence-corrected chi connectivity index (χ2v) is 15.7. The largest absolute Gasteiger partial charge is 0.390 e. The van der Waals surface area contributed by atoms with Crippen LogP contribution >= 0.6 is 0 Å². The van der Waals surface area contributed by atoms with E-state index in [2.05, 4.69) is 33.2 Å². The molecule has 15 heteroatoms. The number of hydrogen-bond acceptors (Lipinski definition) is 8. The zero-order valence-electron chi connectivity index (χ0n) is 33.4. The predicted octanol–water partition coefficient (Wildman–Crippen LogP) is 0.993. The minimum atomic E-state index is -1.47. The number of nitrogens with one attached hydrogen (secondary N) is 5. The predicted molar refractivity (Wildman–Crippen MR) is 201 cm³/mol. The molecule has 0 aromatic rings. The summed E-state index contributed by atoms with van der Waals surface area (Å²) in [6.07, 6.45) is 2.69. The molecule has 2 heterocycles. The Kier molecular flexibility index (Phi) is 17.4. The van der Waals surface area contributed by atoms with Crippen LogP contribution in [0.2, 0.25) is 0 Å². The molecule has 0 aromatic carbocycles. The normalized spacial score (nSPS) is 29.5. The molecule has 0 radical (unpaired) electrons. The third-order valence-electron chi connectivity index (χ3n) is 10.5. The van der Waals surface area contributed by atoms with Gasteiger partial charge in [0.15, 0.2) is 0 Å². The van der Waals surface area contributed by atoms with Crippen LogP contribution in [0, 0.1) is 23.7 Å². The fourth-order valence-corrected chi connectivity index (χ4v) is 6.53. The molecule has 0 saturated carbocycles. The van der Waals surface area contributed by atoms with E-state index in [9.17, 15) is 38.7 Å². The minimum absolute atomic E-state index is 0.0417. The molecule has 2 rings (SSSR count). The molecular formula is C38H65N7O8. The fourth-order valence-electron chi connectivity index (χ4n) is 6.53. The fraction of sp³-hybridized carbons (Fsp3) is 0.763. The van der Waals surface area contributed by atoms with Gasteiger partial charge in [0.05, 0.1) is 6.10 Å². The van der Waals surface area contributed by atoms with Crippen LogP contribution in [0.15, 0.2) is 12.7 Å². The number of likely N-dealkylation sites (N-methyl/N-ethyl adjacent to an activating group) is 1. The van der Waals surface area contributed by atoms with E-state index in [-0.39, 0.29) is 37.6 Å². The van der Waals surface area contributed by atoms with Gasteiger partial charge in [0.2, 0.25) is 41.4 Å². The maximum Gasteiger partial charge on any atom is 0.245 e. The molecule has 0 spiro atoms. The Balaban J connectivity index is 2.70. The first-order valence-electron chi connectivity index (χ1n) is 19.1. The molecule has 2 fully saturated rings. The van der Waals surface area contributed by atoms with Crippen LogP contribution in [0.25, 0.3) is 0 Å². The van der Waals surface area contributed by atoms with Crippen molar-refractivity contribution in [3.63, 3.8) is 0 Å². The van der Waals surface area contributed by atoms with Gasteiger partial charge in [-0.15, -0.1) is 6.58 Å². The summed E-state index contributed by atoms with van der Waals surface area (Å²) in [6, 6.07) is -7.93. The number of hydrogen-bond donors (Lipinski definition) is 6. The van der Waals surface area contributed by atoms with E-state index in [1.807, 2.05) is 27.7 Å². The van der Waals surface area contributed by atoms with E-state index in [0.29, 0.717) is 19.3 Å². The average Bonchev–Trinajstić information content (AvgIpc) is 3.12. The number of aliphatic hydroxyl groups is 1. The molecule has 15 nitrogen and oxygen atoms in total. The Hall–Kier alpha value is -4.01. The lowest BCUT2D eigenvalue weighted by molar-refractivity contribution is -0.151. The number of piperidine rings is 1. The average molecular weight is 748 g/mol. The van der Waals surface area contributed by atoms with Crippen LogP contribution in [0.3, 0.4) is 0 Å². The number of nitrogens with zero attached hydrogens (tertiary/aromatic N) is 2. The van der Waals surface area contributed by atoms with Crippen LogP contribution in [0.1, 0.15) is 101 Å². The van der Waals surface area contributed by atoms with E-state index in [1.165, 1.54) is 23.8 Å². The molecule has 53 heavy (non-hydrogen) atoms. The Bertz CT molecular complexity index is 1340. The highest BCUT2D eigenvalue weighted by Crippen LogP contribution is 2.22. The van der Waals surface area contributed by atoms with Crippen LogP contribution < -0.4 is 26.6 Å². The first-order chi connectivity index (χ1) is 24.7. The summed E-state index contributed by atoms with van der Waals surface area (Å²) in [7, 11) is 1.46. The SMILES string of the molecule is C=C[C@H](C)C[C@@H]1NC(=O)[C@H](CC(C)C)NC(=O)[C@H](C)NC(=O)C([C@@H](C)CC)NC(=O)C([C@H](O)C(C)C)NC(=O)[C@H]2CCCCN2C(=O)[C@H](C)N(C)C1=O. The summed E-state index contributed by atoms with van der Waals surface area (Å²) >= 11 is 0. The third kappa shape index (κ3) is 12.3. The monoisotopic (exact) mass is 747 g/mol. The first-order valence-corrected chi connectivity index (χ1v) is 19.1. The van der Waals surface area contributed by atoms with Gasteiger partial charge in [-0.25, -0.2) is 0 Å². The van der Waals surface area contributed by atoms with Crippen LogP contribution in [0.4, 0.5) is 0 Å². The molecule has 0 aromatic heterocycles. The molecule has 0 bridgehead atoms. The van der Waals surface area contributed by atoms with Crippen molar-refractivity contribution >= 4 is 41.4 Å². The maximum atomic E-state index is 14.1. The smallest absolute Gasteiger partial charge is 0.245 e. The van der Waals surface area contributed by atoms with E-state index in [0.717, 1.165) is 0 Å². The second-order valence-electron chi connectivity index (χ2n) is 15.7. The number of aliphatic hydroxyl groups excluding tert-OH is 1. The molecule has 0 aliphatic carbocycles. The van der Waals surface area contributed by atoms with Crippen LogP contribution in [-0.4, -0.2) is 118 Å². The van der Waals surface area contributed by atoms with Gasteiger partial charge < -0.3 is 41.5 Å². The summed E-state index contributed by atoms with van der Waals surface area (Å²) in [5.41, 5.74) is 0. The Labute approximate surface area is 315 Å². The molecule has 2 saturated heterocycles. The molecule has 2 aliphatic rings. The van der Waals surface area contributed by atoms with Gasteiger partial charge in [-0.1, -0.05) is 61.0 Å². The zero-order chi connectivity index (χ0) is 40.3. The zero-order valence-corrected chi connectivity index (χ0v) is 33.4. The standard InChI is InChI=1S/C38H65N7O8/c1-12-22(7)19-27-38(53)44(11)25(10)37(52)45-17-15-14-16-28(45)34(49)43-30(31(46)21(5)6)36(51)42-29(23(8)13-2)35(50)39-24(9)32(47)40-26(18-20(3)4)33(48)41-27/h12,20-31,46H,1,13-19H2,2-11H3,(H,39,50)(H,40,47)(H,41,48)(H,42,51)(H,43,49)/t22-,23-,24-,25-,26-,27-,28+,29?,30?,31+/m0/s1. The number of rotatable bonds is 9. The lowest BCUT2D eigenvalue weighted by atomic mass is 9.94. The van der Waals surface area contributed by atoms with Crippen LogP contribution in [-0.2, 0) is 33.6 Å². The van der Waals surface area contributed by atoms with Crippen LogP contribution in [0.5, 0.6) is 0 Å². The maximum absolute atomic E-state index is 14.1. The summed E-state index contributed by atoms with van der Waals surface area (Å²) in [5, 5.41) is 24.7. The van der Waals surface area contributed by atoms with Crippen molar-refractivity contribution in [3.8, 4) is 0 Å². The van der Waals surface area contributed by atoms with Crippen molar-refractivity contribution in [2.24, 2.45) is 23.7 Å². The third-order valence-corrected chi connectivity index (χ3v) is 10.5. The highest BCUT2D eigenvalue weighted by molar-refractivity contribution is 5.98. The highest BCUT2D eigenvalue weighted by atomic mass is 16.3. The van der Waals surface area contributed by atoms with Gasteiger partial charge in [-0.3, -0.25) is 33.6 Å². The summed E-state index contributed by atoms with van der Waals surface area (Å²) < 4.78 is 0. The van der Waals surface area contributed by atoms with Gasteiger partial charge >= 0.3 is 0 Å². The summed E-state index contributed by atoms with van der Waals surface area (Å²) in [4.78, 5) is 99.7.